The van der Waals surface area contributed by atoms with Gasteiger partial charge in [0.25, 0.3) is 0 Å². The summed E-state index contributed by atoms with van der Waals surface area (Å²) in [4.78, 5) is 4.55. The Bertz CT molecular complexity index is 760. The fourth-order valence-electron chi connectivity index (χ4n) is 2.46. The summed E-state index contributed by atoms with van der Waals surface area (Å²) < 4.78 is 18.2. The first-order valence-corrected chi connectivity index (χ1v) is 7.83. The van der Waals surface area contributed by atoms with E-state index in [1.54, 1.807) is 12.1 Å². The topological polar surface area (TPSA) is 51.0 Å². The van der Waals surface area contributed by atoms with Crippen LogP contribution < -0.4 is 5.32 Å². The van der Waals surface area contributed by atoms with Crippen molar-refractivity contribution in [1.82, 2.24) is 10.1 Å². The van der Waals surface area contributed by atoms with Gasteiger partial charge in [0.15, 0.2) is 5.13 Å². The Labute approximate surface area is 132 Å². The zero-order valence-electron chi connectivity index (χ0n) is 12.6. The second kappa shape index (κ2) is 5.88. The maximum Gasteiger partial charge on any atom is 0.183 e. The van der Waals surface area contributed by atoms with E-state index in [-0.39, 0.29) is 11.9 Å². The van der Waals surface area contributed by atoms with Crippen LogP contribution in [0.15, 0.2) is 34.2 Å². The number of halogens is 1. The molecule has 1 aromatic carbocycles. The normalized spacial score (nSPS) is 12.4. The van der Waals surface area contributed by atoms with Crippen LogP contribution >= 0.6 is 11.3 Å². The standard InChI is InChI=1S/C16H16FN3OS/c1-9(15-10(2)20-21-11(15)3)18-16-19-14(8-22-16)12-4-6-13(17)7-5-12/h4-9H,1-3H3,(H,18,19). The van der Waals surface area contributed by atoms with E-state index in [0.717, 1.165) is 33.4 Å². The van der Waals surface area contributed by atoms with Gasteiger partial charge in [-0.3, -0.25) is 0 Å². The number of anilines is 1. The minimum absolute atomic E-state index is 0.0541. The summed E-state index contributed by atoms with van der Waals surface area (Å²) in [6, 6.07) is 6.39. The van der Waals surface area contributed by atoms with Gasteiger partial charge in [0.2, 0.25) is 0 Å². The largest absolute Gasteiger partial charge is 0.361 e. The molecule has 0 radical (unpaired) electrons. The Morgan fingerprint density at radius 3 is 2.59 bits per heavy atom. The third-order valence-electron chi connectivity index (χ3n) is 3.51. The van der Waals surface area contributed by atoms with Crippen LogP contribution in [0.4, 0.5) is 9.52 Å². The molecule has 6 heteroatoms. The minimum atomic E-state index is -0.246. The van der Waals surface area contributed by atoms with Crippen LogP contribution in [0.25, 0.3) is 11.3 Å². The van der Waals surface area contributed by atoms with Crippen LogP contribution in [0.3, 0.4) is 0 Å². The maximum absolute atomic E-state index is 13.0. The molecule has 1 unspecified atom stereocenters. The molecule has 0 spiro atoms. The quantitative estimate of drug-likeness (QED) is 0.756. The lowest BCUT2D eigenvalue weighted by atomic mass is 10.1. The highest BCUT2D eigenvalue weighted by Crippen LogP contribution is 2.29. The van der Waals surface area contributed by atoms with Crippen molar-refractivity contribution < 1.29 is 8.91 Å². The van der Waals surface area contributed by atoms with E-state index in [2.05, 4.69) is 15.5 Å². The van der Waals surface area contributed by atoms with Crippen LogP contribution in [-0.2, 0) is 0 Å². The molecule has 1 atom stereocenters. The zero-order valence-corrected chi connectivity index (χ0v) is 13.4. The molecule has 0 amide bonds. The molecule has 3 rings (SSSR count). The van der Waals surface area contributed by atoms with Crippen LogP contribution in [0.5, 0.6) is 0 Å². The summed E-state index contributed by atoms with van der Waals surface area (Å²) in [5, 5.41) is 10.1. The Kier molecular flexibility index (Phi) is 3.94. The van der Waals surface area contributed by atoms with Gasteiger partial charge in [-0.15, -0.1) is 11.3 Å². The van der Waals surface area contributed by atoms with Gasteiger partial charge < -0.3 is 9.84 Å². The number of benzene rings is 1. The lowest BCUT2D eigenvalue weighted by molar-refractivity contribution is 0.392. The monoisotopic (exact) mass is 317 g/mol. The minimum Gasteiger partial charge on any atom is -0.361 e. The maximum atomic E-state index is 13.0. The molecular weight excluding hydrogens is 301 g/mol. The number of nitrogens with zero attached hydrogens (tertiary/aromatic N) is 2. The van der Waals surface area contributed by atoms with Crippen molar-refractivity contribution in [2.24, 2.45) is 0 Å². The molecule has 2 aromatic heterocycles. The SMILES string of the molecule is Cc1noc(C)c1C(C)Nc1nc(-c2ccc(F)cc2)cs1. The first-order valence-electron chi connectivity index (χ1n) is 6.95. The number of thiazole rings is 1. The highest BCUT2D eigenvalue weighted by Gasteiger charge is 2.17. The summed E-state index contributed by atoms with van der Waals surface area (Å²) in [6.45, 7) is 5.88. The molecule has 114 valence electrons. The van der Waals surface area contributed by atoms with Crippen molar-refractivity contribution in [2.45, 2.75) is 26.8 Å². The number of hydrogen-bond donors (Lipinski definition) is 1. The van der Waals surface area contributed by atoms with Gasteiger partial charge in [0, 0.05) is 16.5 Å². The van der Waals surface area contributed by atoms with E-state index in [0.29, 0.717) is 0 Å². The van der Waals surface area contributed by atoms with E-state index >= 15 is 0 Å². The summed E-state index contributed by atoms with van der Waals surface area (Å²) in [6.07, 6.45) is 0. The van der Waals surface area contributed by atoms with Crippen molar-refractivity contribution in [1.29, 1.82) is 0 Å². The van der Waals surface area contributed by atoms with Gasteiger partial charge in [-0.1, -0.05) is 5.16 Å². The highest BCUT2D eigenvalue weighted by molar-refractivity contribution is 7.14. The summed E-state index contributed by atoms with van der Waals surface area (Å²) in [5.41, 5.74) is 3.67. The molecule has 1 N–H and O–H groups in total. The lowest BCUT2D eigenvalue weighted by Crippen LogP contribution is -2.08. The number of aromatic nitrogens is 2. The van der Waals surface area contributed by atoms with E-state index < -0.39 is 0 Å². The van der Waals surface area contributed by atoms with Gasteiger partial charge in [-0.05, 0) is 45.0 Å². The molecule has 2 heterocycles. The second-order valence-electron chi connectivity index (χ2n) is 5.15. The molecule has 4 nitrogen and oxygen atoms in total. The molecule has 3 aromatic rings. The predicted molar refractivity (Wildman–Crippen MR) is 85.5 cm³/mol. The smallest absolute Gasteiger partial charge is 0.183 e. The van der Waals surface area contributed by atoms with Crippen molar-refractivity contribution in [3.8, 4) is 11.3 Å². The van der Waals surface area contributed by atoms with Gasteiger partial charge in [0.1, 0.15) is 11.6 Å². The number of rotatable bonds is 4. The molecule has 0 fully saturated rings. The van der Waals surface area contributed by atoms with Crippen molar-refractivity contribution in [3.63, 3.8) is 0 Å². The highest BCUT2D eigenvalue weighted by atomic mass is 32.1. The van der Waals surface area contributed by atoms with Gasteiger partial charge in [-0.25, -0.2) is 9.37 Å². The molecule has 0 saturated heterocycles. The Morgan fingerprint density at radius 1 is 1.23 bits per heavy atom. The summed E-state index contributed by atoms with van der Waals surface area (Å²) in [5.74, 6) is 0.567. The Hall–Kier alpha value is -2.21. The van der Waals surface area contributed by atoms with Crippen LogP contribution in [0, 0.1) is 19.7 Å². The average Bonchev–Trinajstić information content (AvgIpc) is 3.07. The van der Waals surface area contributed by atoms with Crippen LogP contribution in [0.2, 0.25) is 0 Å². The van der Waals surface area contributed by atoms with Crippen molar-refractivity contribution in [3.05, 3.63) is 52.5 Å². The Balaban J connectivity index is 1.78. The fraction of sp³-hybridized carbons (Fsp3) is 0.250. The Morgan fingerprint density at radius 2 is 1.95 bits per heavy atom. The van der Waals surface area contributed by atoms with E-state index in [1.165, 1.54) is 23.5 Å². The zero-order chi connectivity index (χ0) is 15.7. The summed E-state index contributed by atoms with van der Waals surface area (Å²) in [7, 11) is 0. The first-order chi connectivity index (χ1) is 10.5. The average molecular weight is 317 g/mol. The molecule has 22 heavy (non-hydrogen) atoms. The van der Waals surface area contributed by atoms with E-state index in [1.807, 2.05) is 26.2 Å². The molecule has 0 aliphatic rings. The lowest BCUT2D eigenvalue weighted by Gasteiger charge is -2.12. The molecule has 0 aliphatic heterocycles. The van der Waals surface area contributed by atoms with Gasteiger partial charge >= 0.3 is 0 Å². The third-order valence-corrected chi connectivity index (χ3v) is 4.28. The fourth-order valence-corrected chi connectivity index (χ4v) is 3.27. The van der Waals surface area contributed by atoms with Crippen LogP contribution in [-0.4, -0.2) is 10.1 Å². The first kappa shape index (κ1) is 14.7. The van der Waals surface area contributed by atoms with Gasteiger partial charge in [0.05, 0.1) is 17.4 Å². The summed E-state index contributed by atoms with van der Waals surface area (Å²) >= 11 is 1.52. The van der Waals surface area contributed by atoms with Gasteiger partial charge in [-0.2, -0.15) is 0 Å². The molecule has 0 aliphatic carbocycles. The predicted octanol–water partition coefficient (Wildman–Crippen LogP) is 4.73. The molecule has 0 saturated carbocycles. The second-order valence-corrected chi connectivity index (χ2v) is 6.01. The number of nitrogens with one attached hydrogen (secondary N) is 1. The van der Waals surface area contributed by atoms with E-state index in [4.69, 9.17) is 4.52 Å². The molecular formula is C16H16FN3OS. The van der Waals surface area contributed by atoms with Crippen molar-refractivity contribution >= 4 is 16.5 Å². The number of aryl methyl sites for hydroxylation is 2. The van der Waals surface area contributed by atoms with Crippen molar-refractivity contribution in [2.75, 3.05) is 5.32 Å². The molecule has 0 bridgehead atoms. The van der Waals surface area contributed by atoms with E-state index in [9.17, 15) is 4.39 Å². The third kappa shape index (κ3) is 2.87. The van der Waals surface area contributed by atoms with Crippen LogP contribution in [0.1, 0.15) is 30.0 Å². The number of hydrogen-bond acceptors (Lipinski definition) is 5.